The van der Waals surface area contributed by atoms with Gasteiger partial charge in [0.25, 0.3) is 0 Å². The summed E-state index contributed by atoms with van der Waals surface area (Å²) in [7, 11) is 1.61. The second-order valence-corrected chi connectivity index (χ2v) is 3.18. The van der Waals surface area contributed by atoms with Crippen LogP contribution in [0.1, 0.15) is 18.5 Å². The second-order valence-electron chi connectivity index (χ2n) is 3.18. The van der Waals surface area contributed by atoms with Gasteiger partial charge in [0.1, 0.15) is 5.75 Å². The molecule has 1 atom stereocenters. The Morgan fingerprint density at radius 3 is 2.80 bits per heavy atom. The highest BCUT2D eigenvalue weighted by molar-refractivity contribution is 5.87. The van der Waals surface area contributed by atoms with Crippen LogP contribution in [0.2, 0.25) is 0 Å². The van der Waals surface area contributed by atoms with Gasteiger partial charge in [-0.05, 0) is 19.1 Å². The summed E-state index contributed by atoms with van der Waals surface area (Å²) in [6.45, 7) is 5.31. The van der Waals surface area contributed by atoms with E-state index in [1.807, 2.05) is 31.2 Å². The predicted octanol–water partition coefficient (Wildman–Crippen LogP) is 2.06. The monoisotopic (exact) mass is 205 g/mol. The van der Waals surface area contributed by atoms with E-state index in [9.17, 15) is 4.79 Å². The topological polar surface area (TPSA) is 38.3 Å². The van der Waals surface area contributed by atoms with Crippen molar-refractivity contribution < 1.29 is 9.53 Å². The Morgan fingerprint density at radius 2 is 2.20 bits per heavy atom. The normalized spacial score (nSPS) is 11.6. The zero-order chi connectivity index (χ0) is 11.3. The van der Waals surface area contributed by atoms with Gasteiger partial charge in [-0.2, -0.15) is 0 Å². The van der Waals surface area contributed by atoms with Crippen molar-refractivity contribution in [1.82, 2.24) is 5.32 Å². The molecule has 1 rings (SSSR count). The molecule has 1 amide bonds. The first-order valence-electron chi connectivity index (χ1n) is 4.75. The molecule has 80 valence electrons. The van der Waals surface area contributed by atoms with Crippen molar-refractivity contribution >= 4 is 5.91 Å². The minimum atomic E-state index is -0.187. The van der Waals surface area contributed by atoms with Crippen LogP contribution in [0.25, 0.3) is 0 Å². The minimum absolute atomic E-state index is 0.0911. The van der Waals surface area contributed by atoms with Crippen LogP contribution in [0, 0.1) is 0 Å². The molecule has 3 nitrogen and oxygen atoms in total. The molecule has 0 saturated heterocycles. The van der Waals surface area contributed by atoms with Crippen molar-refractivity contribution in [3.63, 3.8) is 0 Å². The van der Waals surface area contributed by atoms with Crippen LogP contribution < -0.4 is 10.1 Å². The average molecular weight is 205 g/mol. The van der Waals surface area contributed by atoms with Crippen molar-refractivity contribution in [2.45, 2.75) is 13.0 Å². The Hall–Kier alpha value is -1.77. The molecule has 0 spiro atoms. The summed E-state index contributed by atoms with van der Waals surface area (Å²) in [5, 5.41) is 2.78. The molecular formula is C12H15NO2. The molecule has 3 heteroatoms. The van der Waals surface area contributed by atoms with Crippen LogP contribution in [0.15, 0.2) is 36.9 Å². The van der Waals surface area contributed by atoms with E-state index < -0.39 is 0 Å². The van der Waals surface area contributed by atoms with E-state index in [2.05, 4.69) is 11.9 Å². The van der Waals surface area contributed by atoms with E-state index in [1.54, 1.807) is 7.11 Å². The fourth-order valence-corrected chi connectivity index (χ4v) is 1.37. The molecule has 1 aromatic rings. The molecule has 1 N–H and O–H groups in total. The maximum Gasteiger partial charge on any atom is 0.243 e. The lowest BCUT2D eigenvalue weighted by atomic mass is 10.1. The van der Waals surface area contributed by atoms with Gasteiger partial charge in [-0.3, -0.25) is 4.79 Å². The number of para-hydroxylation sites is 1. The van der Waals surface area contributed by atoms with E-state index >= 15 is 0 Å². The van der Waals surface area contributed by atoms with Gasteiger partial charge in [-0.15, -0.1) is 0 Å². The number of carbonyl (C=O) groups is 1. The number of rotatable bonds is 4. The summed E-state index contributed by atoms with van der Waals surface area (Å²) in [5.41, 5.74) is 0.954. The van der Waals surface area contributed by atoms with Crippen molar-refractivity contribution in [2.24, 2.45) is 0 Å². The third-order valence-corrected chi connectivity index (χ3v) is 2.15. The number of methoxy groups -OCH3 is 1. The first kappa shape index (κ1) is 11.3. The number of amides is 1. The van der Waals surface area contributed by atoms with Crippen molar-refractivity contribution in [1.29, 1.82) is 0 Å². The number of ether oxygens (including phenoxy) is 1. The third kappa shape index (κ3) is 2.84. The van der Waals surface area contributed by atoms with Gasteiger partial charge in [0.2, 0.25) is 5.91 Å². The quantitative estimate of drug-likeness (QED) is 0.764. The Kier molecular flexibility index (Phi) is 3.92. The maximum atomic E-state index is 11.1. The Bertz CT molecular complexity index is 360. The molecule has 0 bridgehead atoms. The molecule has 0 heterocycles. The molecule has 0 fully saturated rings. The number of hydrogen-bond donors (Lipinski definition) is 1. The molecule has 0 aliphatic heterocycles. The Labute approximate surface area is 89.8 Å². The van der Waals surface area contributed by atoms with Gasteiger partial charge in [0.05, 0.1) is 13.2 Å². The van der Waals surface area contributed by atoms with E-state index in [0.29, 0.717) is 0 Å². The number of benzene rings is 1. The third-order valence-electron chi connectivity index (χ3n) is 2.15. The van der Waals surface area contributed by atoms with Gasteiger partial charge in [0.15, 0.2) is 0 Å². The van der Waals surface area contributed by atoms with Crippen LogP contribution >= 0.6 is 0 Å². The minimum Gasteiger partial charge on any atom is -0.496 e. The average Bonchev–Trinajstić information content (AvgIpc) is 2.28. The van der Waals surface area contributed by atoms with E-state index in [1.165, 1.54) is 6.08 Å². The van der Waals surface area contributed by atoms with Gasteiger partial charge in [-0.1, -0.05) is 24.8 Å². The summed E-state index contributed by atoms with van der Waals surface area (Å²) in [6, 6.07) is 7.50. The highest BCUT2D eigenvalue weighted by atomic mass is 16.5. The number of nitrogens with one attached hydrogen (secondary N) is 1. The van der Waals surface area contributed by atoms with Crippen LogP contribution in [0.5, 0.6) is 5.75 Å². The highest BCUT2D eigenvalue weighted by Crippen LogP contribution is 2.23. The first-order chi connectivity index (χ1) is 7.19. The van der Waals surface area contributed by atoms with Crippen LogP contribution in [0.3, 0.4) is 0 Å². The predicted molar refractivity (Wildman–Crippen MR) is 59.7 cm³/mol. The molecule has 0 radical (unpaired) electrons. The smallest absolute Gasteiger partial charge is 0.243 e. The molecule has 0 aliphatic carbocycles. The highest BCUT2D eigenvalue weighted by Gasteiger charge is 2.11. The summed E-state index contributed by atoms with van der Waals surface area (Å²) >= 11 is 0. The molecule has 0 aliphatic rings. The van der Waals surface area contributed by atoms with E-state index in [-0.39, 0.29) is 11.9 Å². The number of hydrogen-bond acceptors (Lipinski definition) is 2. The summed E-state index contributed by atoms with van der Waals surface area (Å²) < 4.78 is 5.20. The maximum absolute atomic E-state index is 11.1. The number of carbonyl (C=O) groups excluding carboxylic acids is 1. The van der Waals surface area contributed by atoms with E-state index in [0.717, 1.165) is 11.3 Å². The fourth-order valence-electron chi connectivity index (χ4n) is 1.37. The molecule has 0 unspecified atom stereocenters. The standard InChI is InChI=1S/C12H15NO2/c1-4-12(14)13-9(2)10-7-5-6-8-11(10)15-3/h4-9H,1H2,2-3H3,(H,13,14)/t9-/m0/s1. The summed E-state index contributed by atoms with van der Waals surface area (Å²) in [5.74, 6) is 0.586. The van der Waals surface area contributed by atoms with Gasteiger partial charge in [-0.25, -0.2) is 0 Å². The van der Waals surface area contributed by atoms with Gasteiger partial charge in [0, 0.05) is 5.56 Å². The van der Waals surface area contributed by atoms with Crippen LogP contribution in [0.4, 0.5) is 0 Å². The van der Waals surface area contributed by atoms with E-state index in [4.69, 9.17) is 4.74 Å². The van der Waals surface area contributed by atoms with Crippen molar-refractivity contribution in [2.75, 3.05) is 7.11 Å². The lowest BCUT2D eigenvalue weighted by Crippen LogP contribution is -2.24. The Morgan fingerprint density at radius 1 is 1.53 bits per heavy atom. The summed E-state index contributed by atoms with van der Waals surface area (Å²) in [6.07, 6.45) is 1.26. The van der Waals surface area contributed by atoms with Crippen LogP contribution in [-0.4, -0.2) is 13.0 Å². The van der Waals surface area contributed by atoms with Gasteiger partial charge < -0.3 is 10.1 Å². The lowest BCUT2D eigenvalue weighted by Gasteiger charge is -2.15. The van der Waals surface area contributed by atoms with Crippen molar-refractivity contribution in [3.05, 3.63) is 42.5 Å². The van der Waals surface area contributed by atoms with Crippen molar-refractivity contribution in [3.8, 4) is 5.75 Å². The molecule has 15 heavy (non-hydrogen) atoms. The SMILES string of the molecule is C=CC(=O)N[C@@H](C)c1ccccc1OC. The Balaban J connectivity index is 2.85. The first-order valence-corrected chi connectivity index (χ1v) is 4.75. The molecule has 0 aromatic heterocycles. The molecule has 0 saturated carbocycles. The second kappa shape index (κ2) is 5.20. The molecule has 1 aromatic carbocycles. The van der Waals surface area contributed by atoms with Gasteiger partial charge >= 0.3 is 0 Å². The fraction of sp³-hybridized carbons (Fsp3) is 0.250. The summed E-state index contributed by atoms with van der Waals surface area (Å²) in [4.78, 5) is 11.1. The zero-order valence-corrected chi connectivity index (χ0v) is 8.99. The molecular weight excluding hydrogens is 190 g/mol. The zero-order valence-electron chi connectivity index (χ0n) is 8.99. The lowest BCUT2D eigenvalue weighted by molar-refractivity contribution is -0.117. The van der Waals surface area contributed by atoms with Crippen LogP contribution in [-0.2, 0) is 4.79 Å². The largest absolute Gasteiger partial charge is 0.496 e.